The van der Waals surface area contributed by atoms with Gasteiger partial charge in [-0.1, -0.05) is 11.2 Å². The number of hydrogen-bond donors (Lipinski definition) is 1. The summed E-state index contributed by atoms with van der Waals surface area (Å²) in [5, 5.41) is 6.52. The molecule has 1 atom stereocenters. The number of rotatable bonds is 7. The summed E-state index contributed by atoms with van der Waals surface area (Å²) in [6.07, 6.45) is 0. The van der Waals surface area contributed by atoms with E-state index in [4.69, 9.17) is 9.26 Å². The van der Waals surface area contributed by atoms with Crippen molar-refractivity contribution < 1.29 is 22.8 Å². The van der Waals surface area contributed by atoms with Gasteiger partial charge in [-0.25, -0.2) is 8.78 Å². The summed E-state index contributed by atoms with van der Waals surface area (Å²) >= 11 is 0. The fourth-order valence-electron chi connectivity index (χ4n) is 2.90. The van der Waals surface area contributed by atoms with E-state index in [1.807, 2.05) is 0 Å². The molecule has 0 unspecified atom stereocenters. The lowest BCUT2D eigenvalue weighted by Gasteiger charge is -2.25. The third-order valence-corrected chi connectivity index (χ3v) is 4.52. The largest absolute Gasteiger partial charge is 0.497 e. The number of ether oxygens (including phenoxy) is 1. The summed E-state index contributed by atoms with van der Waals surface area (Å²) in [6, 6.07) is 11.6. The zero-order valence-corrected chi connectivity index (χ0v) is 16.3. The molecule has 0 saturated heterocycles. The van der Waals surface area contributed by atoms with Crippen LogP contribution in [0.3, 0.4) is 0 Å². The van der Waals surface area contributed by atoms with Crippen molar-refractivity contribution in [3.63, 3.8) is 0 Å². The molecule has 1 amide bonds. The Morgan fingerprint density at radius 1 is 1.17 bits per heavy atom. The summed E-state index contributed by atoms with van der Waals surface area (Å²) in [5.41, 5.74) is 1.14. The summed E-state index contributed by atoms with van der Waals surface area (Å²) in [4.78, 5) is 14.2. The minimum absolute atomic E-state index is 0.105. The highest BCUT2D eigenvalue weighted by molar-refractivity contribution is 5.93. The van der Waals surface area contributed by atoms with Crippen LogP contribution in [0.2, 0.25) is 0 Å². The lowest BCUT2D eigenvalue weighted by Crippen LogP contribution is -2.35. The molecule has 1 N–H and O–H groups in total. The van der Waals surface area contributed by atoms with Gasteiger partial charge in [0.25, 0.3) is 5.91 Å². The molecule has 0 radical (unpaired) electrons. The second-order valence-electron chi connectivity index (χ2n) is 6.66. The SMILES string of the molecule is COc1ccc(-c2cc(C(=O)NC[C@@H](c3ccc(F)cc3F)N(C)C)no2)cc1. The number of halogens is 2. The number of carbonyl (C=O) groups is 1. The molecule has 152 valence electrons. The lowest BCUT2D eigenvalue weighted by molar-refractivity contribution is 0.0932. The average molecular weight is 401 g/mol. The predicted molar refractivity (Wildman–Crippen MR) is 104 cm³/mol. The van der Waals surface area contributed by atoms with Gasteiger partial charge in [0.05, 0.1) is 13.2 Å². The van der Waals surface area contributed by atoms with Gasteiger partial charge in [-0.3, -0.25) is 4.79 Å². The van der Waals surface area contributed by atoms with Crippen LogP contribution in [0.1, 0.15) is 22.1 Å². The Morgan fingerprint density at radius 2 is 1.90 bits per heavy atom. The van der Waals surface area contributed by atoms with Crippen molar-refractivity contribution in [3.8, 4) is 17.1 Å². The molecule has 0 aliphatic rings. The smallest absolute Gasteiger partial charge is 0.273 e. The van der Waals surface area contributed by atoms with Gasteiger partial charge in [0, 0.05) is 29.8 Å². The quantitative estimate of drug-likeness (QED) is 0.655. The molecule has 3 aromatic rings. The Balaban J connectivity index is 1.70. The van der Waals surface area contributed by atoms with Crippen LogP contribution < -0.4 is 10.1 Å². The van der Waals surface area contributed by atoms with Crippen LogP contribution in [0.5, 0.6) is 5.75 Å². The molecule has 0 bridgehead atoms. The van der Waals surface area contributed by atoms with Crippen LogP contribution in [0.15, 0.2) is 53.1 Å². The molecule has 0 fully saturated rings. The fourth-order valence-corrected chi connectivity index (χ4v) is 2.90. The van der Waals surface area contributed by atoms with Gasteiger partial charge in [-0.05, 0) is 44.4 Å². The first-order valence-corrected chi connectivity index (χ1v) is 8.89. The Morgan fingerprint density at radius 3 is 2.52 bits per heavy atom. The number of amides is 1. The molecule has 8 heteroatoms. The summed E-state index contributed by atoms with van der Waals surface area (Å²) in [7, 11) is 5.07. The van der Waals surface area contributed by atoms with Gasteiger partial charge in [0.2, 0.25) is 0 Å². The number of aromatic nitrogens is 1. The molecule has 6 nitrogen and oxygen atoms in total. The number of methoxy groups -OCH3 is 1. The molecular weight excluding hydrogens is 380 g/mol. The van der Waals surface area contributed by atoms with Gasteiger partial charge >= 0.3 is 0 Å². The molecule has 0 saturated carbocycles. The van der Waals surface area contributed by atoms with Gasteiger partial charge in [0.15, 0.2) is 11.5 Å². The Bertz CT molecular complexity index is 987. The van der Waals surface area contributed by atoms with E-state index in [0.29, 0.717) is 11.5 Å². The predicted octanol–water partition coefficient (Wildman–Crippen LogP) is 3.66. The Hall–Kier alpha value is -3.26. The molecule has 29 heavy (non-hydrogen) atoms. The molecule has 3 rings (SSSR count). The minimum atomic E-state index is -0.666. The maximum Gasteiger partial charge on any atom is 0.273 e. The molecular formula is C21H21F2N3O3. The highest BCUT2D eigenvalue weighted by Crippen LogP contribution is 2.24. The first kappa shape index (κ1) is 20.5. The summed E-state index contributed by atoms with van der Waals surface area (Å²) < 4.78 is 37.7. The average Bonchev–Trinajstić information content (AvgIpc) is 3.19. The van der Waals surface area contributed by atoms with Crippen molar-refractivity contribution in [3.05, 3.63) is 71.4 Å². The van der Waals surface area contributed by atoms with Crippen LogP contribution >= 0.6 is 0 Å². The van der Waals surface area contributed by atoms with Gasteiger partial charge in [0.1, 0.15) is 17.4 Å². The standard InChI is InChI=1S/C21H21F2N3O3/c1-26(2)19(16-9-6-14(22)10-17(16)23)12-24-21(27)18-11-20(29-25-18)13-4-7-15(28-3)8-5-13/h4-11,19H,12H2,1-3H3,(H,24,27)/t19-/m0/s1. The number of nitrogens with zero attached hydrogens (tertiary/aromatic N) is 2. The zero-order chi connectivity index (χ0) is 21.0. The van der Waals surface area contributed by atoms with Crippen LogP contribution in [0, 0.1) is 11.6 Å². The van der Waals surface area contributed by atoms with Crippen LogP contribution in [0.4, 0.5) is 8.78 Å². The van der Waals surface area contributed by atoms with Crippen molar-refractivity contribution in [2.45, 2.75) is 6.04 Å². The Labute approximate surface area is 167 Å². The number of carbonyl (C=O) groups excluding carboxylic acids is 1. The van der Waals surface area contributed by atoms with Crippen LogP contribution in [-0.4, -0.2) is 43.7 Å². The fraction of sp³-hybridized carbons (Fsp3) is 0.238. The van der Waals surface area contributed by atoms with E-state index in [-0.39, 0.29) is 17.8 Å². The second kappa shape index (κ2) is 8.83. The molecule has 0 aliphatic carbocycles. The lowest BCUT2D eigenvalue weighted by atomic mass is 10.0. The van der Waals surface area contributed by atoms with Crippen LogP contribution in [-0.2, 0) is 0 Å². The minimum Gasteiger partial charge on any atom is -0.497 e. The van der Waals surface area contributed by atoms with Crippen molar-refractivity contribution >= 4 is 5.91 Å². The first-order chi connectivity index (χ1) is 13.9. The monoisotopic (exact) mass is 401 g/mol. The molecule has 2 aromatic carbocycles. The third kappa shape index (κ3) is 4.78. The van der Waals surface area contributed by atoms with Crippen molar-refractivity contribution in [2.75, 3.05) is 27.7 Å². The van der Waals surface area contributed by atoms with Crippen molar-refractivity contribution in [1.29, 1.82) is 0 Å². The first-order valence-electron chi connectivity index (χ1n) is 8.89. The van der Waals surface area contributed by atoms with Crippen molar-refractivity contribution in [2.24, 2.45) is 0 Å². The van der Waals surface area contributed by atoms with E-state index >= 15 is 0 Å². The maximum absolute atomic E-state index is 14.1. The van der Waals surface area contributed by atoms with Gasteiger partial charge < -0.3 is 19.5 Å². The van der Waals surface area contributed by atoms with E-state index < -0.39 is 23.6 Å². The second-order valence-corrected chi connectivity index (χ2v) is 6.66. The van der Waals surface area contributed by atoms with E-state index in [9.17, 15) is 13.6 Å². The van der Waals surface area contributed by atoms with E-state index in [0.717, 1.165) is 11.6 Å². The third-order valence-electron chi connectivity index (χ3n) is 4.52. The number of hydrogen-bond acceptors (Lipinski definition) is 5. The van der Waals surface area contributed by atoms with Gasteiger partial charge in [-0.15, -0.1) is 0 Å². The van der Waals surface area contributed by atoms with Crippen molar-refractivity contribution in [1.82, 2.24) is 15.4 Å². The topological polar surface area (TPSA) is 67.6 Å². The molecule has 1 heterocycles. The molecule has 0 spiro atoms. The van der Waals surface area contributed by atoms with E-state index in [1.54, 1.807) is 50.4 Å². The molecule has 1 aromatic heterocycles. The maximum atomic E-state index is 14.1. The highest BCUT2D eigenvalue weighted by atomic mass is 19.1. The summed E-state index contributed by atoms with van der Waals surface area (Å²) in [6.45, 7) is 0.110. The Kier molecular flexibility index (Phi) is 6.23. The number of nitrogens with one attached hydrogen (secondary N) is 1. The normalized spacial score (nSPS) is 12.1. The number of likely N-dealkylation sites (N-methyl/N-ethyl adjacent to an activating group) is 1. The van der Waals surface area contributed by atoms with Crippen LogP contribution in [0.25, 0.3) is 11.3 Å². The molecule has 0 aliphatic heterocycles. The van der Waals surface area contributed by atoms with E-state index in [2.05, 4.69) is 10.5 Å². The highest BCUT2D eigenvalue weighted by Gasteiger charge is 2.21. The summed E-state index contributed by atoms with van der Waals surface area (Å²) in [5.74, 6) is -0.633. The van der Waals surface area contributed by atoms with E-state index in [1.165, 1.54) is 18.2 Å². The number of benzene rings is 2. The van der Waals surface area contributed by atoms with Gasteiger partial charge in [-0.2, -0.15) is 0 Å². The zero-order valence-electron chi connectivity index (χ0n) is 16.3.